The number of carboxylic acid groups (broad SMARTS) is 1. The Morgan fingerprint density at radius 1 is 1.42 bits per heavy atom. The zero-order valence-corrected chi connectivity index (χ0v) is 15.0. The molecular weight excluding hydrogens is 336 g/mol. The number of nitrogens with zero attached hydrogens (tertiary/aromatic N) is 3. The van der Waals surface area contributed by atoms with Crippen molar-refractivity contribution in [2.45, 2.75) is 20.0 Å². The summed E-state index contributed by atoms with van der Waals surface area (Å²) in [6, 6.07) is 1.48. The van der Waals surface area contributed by atoms with E-state index >= 15 is 0 Å². The Bertz CT molecular complexity index is 787. The Labute approximate surface area is 151 Å². The van der Waals surface area contributed by atoms with Crippen molar-refractivity contribution in [3.8, 4) is 5.75 Å². The molecule has 0 saturated heterocycles. The van der Waals surface area contributed by atoms with E-state index in [0.717, 1.165) is 5.70 Å². The molecule has 1 aromatic rings. The van der Waals surface area contributed by atoms with Crippen molar-refractivity contribution in [3.05, 3.63) is 41.9 Å². The van der Waals surface area contributed by atoms with Crippen LogP contribution < -0.4 is 15.0 Å². The highest BCUT2D eigenvalue weighted by molar-refractivity contribution is 5.88. The first kappa shape index (κ1) is 17.9. The summed E-state index contributed by atoms with van der Waals surface area (Å²) in [5, 5.41) is 12.2. The minimum Gasteiger partial charge on any atom is -0.488 e. The summed E-state index contributed by atoms with van der Waals surface area (Å²) in [4.78, 5) is 31.4. The molecule has 138 valence electrons. The Balaban J connectivity index is 1.90. The van der Waals surface area contributed by atoms with Crippen molar-refractivity contribution in [3.63, 3.8) is 0 Å². The number of carboxylic acids is 1. The van der Waals surface area contributed by atoms with Crippen molar-refractivity contribution in [1.82, 2.24) is 15.2 Å². The fourth-order valence-electron chi connectivity index (χ4n) is 2.93. The summed E-state index contributed by atoms with van der Waals surface area (Å²) in [6.07, 6.45) is 6.62. The Kier molecular flexibility index (Phi) is 4.94. The van der Waals surface area contributed by atoms with Crippen LogP contribution in [0.1, 0.15) is 24.2 Å². The molecule has 3 heterocycles. The van der Waals surface area contributed by atoms with Gasteiger partial charge in [-0.15, -0.1) is 0 Å². The molecule has 2 aliphatic heterocycles. The first-order chi connectivity index (χ1) is 12.4. The highest BCUT2D eigenvalue weighted by Gasteiger charge is 2.28. The van der Waals surface area contributed by atoms with Crippen LogP contribution in [0, 0.1) is 5.92 Å². The number of ether oxygens (including phenoxy) is 1. The fourth-order valence-corrected chi connectivity index (χ4v) is 2.93. The van der Waals surface area contributed by atoms with Gasteiger partial charge in [-0.1, -0.05) is 13.8 Å². The zero-order valence-electron chi connectivity index (χ0n) is 15.0. The Morgan fingerprint density at radius 3 is 2.85 bits per heavy atom. The molecule has 3 rings (SSSR count). The van der Waals surface area contributed by atoms with Gasteiger partial charge in [-0.3, -0.25) is 15.0 Å². The quantitative estimate of drug-likeness (QED) is 0.840. The molecule has 1 amide bonds. The summed E-state index contributed by atoms with van der Waals surface area (Å²) in [7, 11) is 1.79. The fraction of sp³-hybridized carbons (Fsp3) is 0.389. The molecule has 26 heavy (non-hydrogen) atoms. The second kappa shape index (κ2) is 7.17. The van der Waals surface area contributed by atoms with Crippen molar-refractivity contribution in [2.75, 3.05) is 25.1 Å². The lowest BCUT2D eigenvalue weighted by Gasteiger charge is -2.36. The first-order valence-electron chi connectivity index (χ1n) is 8.45. The third-order valence-corrected chi connectivity index (χ3v) is 4.30. The molecule has 0 radical (unpaired) electrons. The maximum atomic E-state index is 12.4. The Hall–Kier alpha value is -2.87. The van der Waals surface area contributed by atoms with Gasteiger partial charge < -0.3 is 14.7 Å². The number of allylic oxidation sites excluding steroid dienone is 1. The molecule has 1 unspecified atom stereocenters. The Morgan fingerprint density at radius 2 is 2.19 bits per heavy atom. The topological polar surface area (TPSA) is 95.0 Å². The number of aromatic nitrogens is 1. The smallest absolute Gasteiger partial charge is 0.337 e. The normalized spacial score (nSPS) is 19.1. The highest BCUT2D eigenvalue weighted by Crippen LogP contribution is 2.33. The van der Waals surface area contributed by atoms with E-state index in [0.29, 0.717) is 24.7 Å². The summed E-state index contributed by atoms with van der Waals surface area (Å²) in [6.45, 7) is 4.73. The van der Waals surface area contributed by atoms with Gasteiger partial charge in [0.15, 0.2) is 11.6 Å². The second-order valence-electron chi connectivity index (χ2n) is 6.39. The van der Waals surface area contributed by atoms with E-state index < -0.39 is 5.97 Å². The van der Waals surface area contributed by atoms with E-state index in [1.165, 1.54) is 12.3 Å². The van der Waals surface area contributed by atoms with Gasteiger partial charge in [-0.25, -0.2) is 9.78 Å². The number of nitrogens with one attached hydrogen (secondary N) is 1. The molecule has 2 N–H and O–H groups in total. The molecule has 0 spiro atoms. The number of carbonyl (C=O) groups is 2. The predicted molar refractivity (Wildman–Crippen MR) is 95.8 cm³/mol. The van der Waals surface area contributed by atoms with Crippen molar-refractivity contribution in [1.29, 1.82) is 0 Å². The lowest BCUT2D eigenvalue weighted by Crippen LogP contribution is -2.47. The lowest BCUT2D eigenvalue weighted by atomic mass is 10.1. The maximum Gasteiger partial charge on any atom is 0.337 e. The number of likely N-dealkylation sites (N-methyl/N-ethyl adjacent to an activating group) is 1. The molecule has 8 heteroatoms. The van der Waals surface area contributed by atoms with Crippen LogP contribution in [0.3, 0.4) is 0 Å². The molecule has 0 saturated carbocycles. The third-order valence-electron chi connectivity index (χ3n) is 4.30. The monoisotopic (exact) mass is 358 g/mol. The zero-order chi connectivity index (χ0) is 18.8. The first-order valence-corrected chi connectivity index (χ1v) is 8.45. The third kappa shape index (κ3) is 3.28. The van der Waals surface area contributed by atoms with Crippen LogP contribution >= 0.6 is 0 Å². The van der Waals surface area contributed by atoms with Gasteiger partial charge in [-0.2, -0.15) is 0 Å². The number of aromatic carboxylic acids is 1. The van der Waals surface area contributed by atoms with Crippen LogP contribution in [-0.4, -0.2) is 53.2 Å². The summed E-state index contributed by atoms with van der Waals surface area (Å²) < 4.78 is 5.58. The second-order valence-corrected chi connectivity index (χ2v) is 6.39. The summed E-state index contributed by atoms with van der Waals surface area (Å²) >= 11 is 0. The van der Waals surface area contributed by atoms with Gasteiger partial charge in [0.1, 0.15) is 12.8 Å². The van der Waals surface area contributed by atoms with Gasteiger partial charge in [-0.05, 0) is 19.2 Å². The molecule has 1 atom stereocenters. The molecule has 0 fully saturated rings. The molecule has 8 nitrogen and oxygen atoms in total. The van der Waals surface area contributed by atoms with E-state index in [1.807, 2.05) is 30.9 Å². The number of hydrogen-bond acceptors (Lipinski definition) is 6. The molecule has 1 aromatic heterocycles. The van der Waals surface area contributed by atoms with Crippen molar-refractivity contribution >= 4 is 17.7 Å². The highest BCUT2D eigenvalue weighted by atomic mass is 16.5. The average Bonchev–Trinajstić information content (AvgIpc) is 2.65. The minimum absolute atomic E-state index is 0.0301. The predicted octanol–water partition coefficient (Wildman–Crippen LogP) is 1.42. The summed E-state index contributed by atoms with van der Waals surface area (Å²) in [5.41, 5.74) is 0.956. The standard InChI is InChI=1S/C18H22N4O4/c1-11(2)17(23)22-5-4-13(9-15(22)19-3)21-6-7-26-14-8-12(18(24)25)10-20-16(14)21/h4-5,8-11,15,19H,6-7H2,1-3H3,(H,24,25). The molecule has 2 aliphatic rings. The van der Waals surface area contributed by atoms with Gasteiger partial charge >= 0.3 is 5.97 Å². The summed E-state index contributed by atoms with van der Waals surface area (Å²) in [5.74, 6) is -0.119. The van der Waals surface area contributed by atoms with Crippen molar-refractivity contribution in [2.24, 2.45) is 5.92 Å². The number of amides is 1. The number of fused-ring (bicyclic) bond motifs is 1. The number of anilines is 1. The average molecular weight is 358 g/mol. The van der Waals surface area contributed by atoms with E-state index in [9.17, 15) is 9.59 Å². The lowest BCUT2D eigenvalue weighted by molar-refractivity contribution is -0.133. The van der Waals surface area contributed by atoms with Crippen LogP contribution in [0.15, 0.2) is 36.3 Å². The van der Waals surface area contributed by atoms with Gasteiger partial charge in [0.25, 0.3) is 0 Å². The van der Waals surface area contributed by atoms with E-state index in [-0.39, 0.29) is 23.6 Å². The van der Waals surface area contributed by atoms with Crippen molar-refractivity contribution < 1.29 is 19.4 Å². The molecule has 0 aliphatic carbocycles. The van der Waals surface area contributed by atoms with E-state index in [4.69, 9.17) is 9.84 Å². The maximum absolute atomic E-state index is 12.4. The van der Waals surface area contributed by atoms with Gasteiger partial charge in [0, 0.05) is 30.1 Å². The van der Waals surface area contributed by atoms with Gasteiger partial charge in [0.05, 0.1) is 12.1 Å². The van der Waals surface area contributed by atoms with Crippen LogP contribution in [-0.2, 0) is 4.79 Å². The van der Waals surface area contributed by atoms with Gasteiger partial charge in [0.2, 0.25) is 5.91 Å². The largest absolute Gasteiger partial charge is 0.488 e. The van der Waals surface area contributed by atoms with Crippen LogP contribution in [0.5, 0.6) is 5.75 Å². The molecular formula is C18H22N4O4. The van der Waals surface area contributed by atoms with Crippen LogP contribution in [0.25, 0.3) is 0 Å². The molecule has 0 bridgehead atoms. The number of rotatable bonds is 4. The van der Waals surface area contributed by atoms with Crippen LogP contribution in [0.2, 0.25) is 0 Å². The van der Waals surface area contributed by atoms with Crippen LogP contribution in [0.4, 0.5) is 5.82 Å². The van der Waals surface area contributed by atoms with E-state index in [1.54, 1.807) is 18.1 Å². The minimum atomic E-state index is -1.05. The van der Waals surface area contributed by atoms with E-state index in [2.05, 4.69) is 10.3 Å². The number of carbonyl (C=O) groups excluding carboxylic acids is 1. The SMILES string of the molecule is CNC1C=C(N2CCOc3cc(C(=O)O)cnc32)C=CN1C(=O)C(C)C. The number of pyridine rings is 1. The number of hydrogen-bond donors (Lipinski definition) is 2. The molecule has 0 aromatic carbocycles.